The molecule has 0 saturated carbocycles. The molecular weight excluding hydrogens is 316 g/mol. The zero-order valence-corrected chi connectivity index (χ0v) is 14.8. The molecule has 0 saturated heterocycles. The number of nitrogens with one attached hydrogen (secondary N) is 2. The summed E-state index contributed by atoms with van der Waals surface area (Å²) >= 11 is 0. The van der Waals surface area contributed by atoms with Gasteiger partial charge in [-0.15, -0.1) is 0 Å². The van der Waals surface area contributed by atoms with Crippen LogP contribution in [0.15, 0.2) is 54.6 Å². The van der Waals surface area contributed by atoms with Crippen molar-refractivity contribution in [3.63, 3.8) is 0 Å². The van der Waals surface area contributed by atoms with Gasteiger partial charge in [0, 0.05) is 5.69 Å². The number of aryl methyl sites for hydroxylation is 1. The van der Waals surface area contributed by atoms with Gasteiger partial charge in [0.1, 0.15) is 12.6 Å². The Morgan fingerprint density at radius 3 is 2.40 bits per heavy atom. The maximum absolute atomic E-state index is 12.5. The number of carbonyl (C=O) groups excluding carboxylic acids is 2. The average Bonchev–Trinajstić information content (AvgIpc) is 2.58. The SMILES string of the molecule is Cc1cccc(NC(=O)C(NC(=O)OCc2ccccc2)C(C)C)c1. The van der Waals surface area contributed by atoms with Gasteiger partial charge in [-0.2, -0.15) is 0 Å². The van der Waals surface area contributed by atoms with Crippen molar-refractivity contribution >= 4 is 17.7 Å². The first-order valence-electron chi connectivity index (χ1n) is 8.30. The van der Waals surface area contributed by atoms with Gasteiger partial charge in [0.25, 0.3) is 0 Å². The van der Waals surface area contributed by atoms with Crippen molar-refractivity contribution in [1.29, 1.82) is 0 Å². The predicted octanol–water partition coefficient (Wildman–Crippen LogP) is 3.88. The minimum atomic E-state index is -0.677. The van der Waals surface area contributed by atoms with E-state index in [0.29, 0.717) is 5.69 Å². The Hall–Kier alpha value is -2.82. The third-order valence-corrected chi connectivity index (χ3v) is 3.72. The van der Waals surface area contributed by atoms with Crippen LogP contribution in [0.2, 0.25) is 0 Å². The quantitative estimate of drug-likeness (QED) is 0.838. The van der Waals surface area contributed by atoms with Gasteiger partial charge in [-0.25, -0.2) is 4.79 Å². The van der Waals surface area contributed by atoms with Crippen molar-refractivity contribution < 1.29 is 14.3 Å². The van der Waals surface area contributed by atoms with Gasteiger partial charge < -0.3 is 15.4 Å². The number of hydrogen-bond acceptors (Lipinski definition) is 3. The van der Waals surface area contributed by atoms with E-state index in [2.05, 4.69) is 10.6 Å². The first-order valence-corrected chi connectivity index (χ1v) is 8.30. The lowest BCUT2D eigenvalue weighted by molar-refractivity contribution is -0.119. The molecule has 1 unspecified atom stereocenters. The highest BCUT2D eigenvalue weighted by Crippen LogP contribution is 2.12. The first-order chi connectivity index (χ1) is 12.0. The van der Waals surface area contributed by atoms with Gasteiger partial charge in [-0.05, 0) is 36.1 Å². The molecule has 0 heterocycles. The monoisotopic (exact) mass is 340 g/mol. The van der Waals surface area contributed by atoms with Crippen LogP contribution in [-0.4, -0.2) is 18.0 Å². The van der Waals surface area contributed by atoms with E-state index in [1.807, 2.05) is 75.4 Å². The topological polar surface area (TPSA) is 67.4 Å². The number of anilines is 1. The molecule has 132 valence electrons. The minimum absolute atomic E-state index is 0.0749. The summed E-state index contributed by atoms with van der Waals surface area (Å²) in [5.41, 5.74) is 2.65. The standard InChI is InChI=1S/C20H24N2O3/c1-14(2)18(19(23)21-17-11-7-8-15(3)12-17)22-20(24)25-13-16-9-5-4-6-10-16/h4-12,14,18H,13H2,1-3H3,(H,21,23)(H,22,24). The summed E-state index contributed by atoms with van der Waals surface area (Å²) in [6.45, 7) is 5.86. The smallest absolute Gasteiger partial charge is 0.408 e. The molecule has 0 fully saturated rings. The molecule has 2 rings (SSSR count). The van der Waals surface area contributed by atoms with Crippen molar-refractivity contribution in [3.05, 3.63) is 65.7 Å². The fourth-order valence-corrected chi connectivity index (χ4v) is 2.37. The molecule has 5 nitrogen and oxygen atoms in total. The molecule has 1 atom stereocenters. The van der Waals surface area contributed by atoms with E-state index in [1.54, 1.807) is 0 Å². The van der Waals surface area contributed by atoms with Crippen LogP contribution in [0.3, 0.4) is 0 Å². The van der Waals surface area contributed by atoms with Gasteiger partial charge in [0.2, 0.25) is 5.91 Å². The molecule has 5 heteroatoms. The summed E-state index contributed by atoms with van der Waals surface area (Å²) < 4.78 is 5.20. The Morgan fingerprint density at radius 2 is 1.76 bits per heavy atom. The van der Waals surface area contributed by atoms with Crippen LogP contribution in [0.25, 0.3) is 0 Å². The molecule has 2 N–H and O–H groups in total. The zero-order chi connectivity index (χ0) is 18.2. The van der Waals surface area contributed by atoms with Crippen LogP contribution in [0.5, 0.6) is 0 Å². The maximum Gasteiger partial charge on any atom is 0.408 e. The number of rotatable bonds is 6. The van der Waals surface area contributed by atoms with Crippen molar-refractivity contribution in [2.24, 2.45) is 5.92 Å². The number of carbonyl (C=O) groups is 2. The van der Waals surface area contributed by atoms with Crippen molar-refractivity contribution in [1.82, 2.24) is 5.32 Å². The lowest BCUT2D eigenvalue weighted by atomic mass is 10.0. The maximum atomic E-state index is 12.5. The first kappa shape index (κ1) is 18.5. The van der Waals surface area contributed by atoms with E-state index in [4.69, 9.17) is 4.74 Å². The number of hydrogen-bond donors (Lipinski definition) is 2. The van der Waals surface area contributed by atoms with Gasteiger partial charge in [-0.3, -0.25) is 4.79 Å². The number of ether oxygens (including phenoxy) is 1. The zero-order valence-electron chi connectivity index (χ0n) is 14.8. The largest absolute Gasteiger partial charge is 0.445 e. The molecule has 0 bridgehead atoms. The fourth-order valence-electron chi connectivity index (χ4n) is 2.37. The molecule has 2 amide bonds. The molecule has 0 aliphatic heterocycles. The highest BCUT2D eigenvalue weighted by atomic mass is 16.5. The average molecular weight is 340 g/mol. The highest BCUT2D eigenvalue weighted by Gasteiger charge is 2.25. The molecule has 0 aliphatic carbocycles. The van der Waals surface area contributed by atoms with Crippen LogP contribution in [0.1, 0.15) is 25.0 Å². The molecule has 0 aliphatic rings. The third-order valence-electron chi connectivity index (χ3n) is 3.72. The molecule has 0 spiro atoms. The molecule has 2 aromatic carbocycles. The van der Waals surface area contributed by atoms with Crippen LogP contribution in [0, 0.1) is 12.8 Å². The lowest BCUT2D eigenvalue weighted by Crippen LogP contribution is -2.47. The normalized spacial score (nSPS) is 11.7. The minimum Gasteiger partial charge on any atom is -0.445 e. The Morgan fingerprint density at radius 1 is 1.04 bits per heavy atom. The van der Waals surface area contributed by atoms with Crippen molar-refractivity contribution in [3.8, 4) is 0 Å². The summed E-state index contributed by atoms with van der Waals surface area (Å²) in [4.78, 5) is 24.5. The molecule has 0 radical (unpaired) electrons. The van der Waals surface area contributed by atoms with Crippen LogP contribution in [-0.2, 0) is 16.1 Å². The Labute approximate surface area is 148 Å². The number of benzene rings is 2. The van der Waals surface area contributed by atoms with Crippen LogP contribution in [0.4, 0.5) is 10.5 Å². The summed E-state index contributed by atoms with van der Waals surface area (Å²) in [5, 5.41) is 5.48. The second-order valence-corrected chi connectivity index (χ2v) is 6.29. The lowest BCUT2D eigenvalue weighted by Gasteiger charge is -2.21. The van der Waals surface area contributed by atoms with Crippen molar-refractivity contribution in [2.45, 2.75) is 33.4 Å². The number of amides is 2. The Balaban J connectivity index is 1.92. The fraction of sp³-hybridized carbons (Fsp3) is 0.300. The third kappa shape index (κ3) is 5.95. The number of alkyl carbamates (subject to hydrolysis) is 1. The summed E-state index contributed by atoms with van der Waals surface area (Å²) in [6.07, 6.45) is -0.609. The van der Waals surface area contributed by atoms with Crippen LogP contribution < -0.4 is 10.6 Å². The highest BCUT2D eigenvalue weighted by molar-refractivity contribution is 5.96. The predicted molar refractivity (Wildman–Crippen MR) is 98.2 cm³/mol. The van der Waals surface area contributed by atoms with E-state index >= 15 is 0 Å². The van der Waals surface area contributed by atoms with E-state index in [0.717, 1.165) is 11.1 Å². The Kier molecular flexibility index (Phi) is 6.57. The Bertz CT molecular complexity index is 714. The van der Waals surface area contributed by atoms with Gasteiger partial charge in [0.05, 0.1) is 0 Å². The van der Waals surface area contributed by atoms with Gasteiger partial charge >= 0.3 is 6.09 Å². The van der Waals surface area contributed by atoms with E-state index in [9.17, 15) is 9.59 Å². The second-order valence-electron chi connectivity index (χ2n) is 6.29. The van der Waals surface area contributed by atoms with Gasteiger partial charge in [0.15, 0.2) is 0 Å². The second kappa shape index (κ2) is 8.87. The van der Waals surface area contributed by atoms with Gasteiger partial charge in [-0.1, -0.05) is 56.3 Å². The van der Waals surface area contributed by atoms with E-state index in [-0.39, 0.29) is 18.4 Å². The summed E-state index contributed by atoms with van der Waals surface area (Å²) in [6, 6.07) is 16.2. The van der Waals surface area contributed by atoms with E-state index in [1.165, 1.54) is 0 Å². The van der Waals surface area contributed by atoms with Crippen LogP contribution >= 0.6 is 0 Å². The van der Waals surface area contributed by atoms with E-state index < -0.39 is 12.1 Å². The van der Waals surface area contributed by atoms with Crippen molar-refractivity contribution in [2.75, 3.05) is 5.32 Å². The molecular formula is C20H24N2O3. The summed E-state index contributed by atoms with van der Waals surface area (Å²) in [7, 11) is 0. The molecule has 2 aromatic rings. The molecule has 25 heavy (non-hydrogen) atoms. The summed E-state index contributed by atoms with van der Waals surface area (Å²) in [5.74, 6) is -0.341. The molecule has 0 aromatic heterocycles.